The average Bonchev–Trinajstić information content (AvgIpc) is 3.22. The second-order valence-corrected chi connectivity index (χ2v) is 8.01. The van der Waals surface area contributed by atoms with Crippen molar-refractivity contribution in [3.63, 3.8) is 0 Å². The minimum Gasteiger partial charge on any atom is -0.373 e. The molecule has 1 amide bonds. The Kier molecular flexibility index (Phi) is 6.65. The van der Waals surface area contributed by atoms with E-state index in [-0.39, 0.29) is 24.7 Å². The molecule has 0 aromatic carbocycles. The SMILES string of the molecule is Bc1cnn2c(NCc3cccnc3)cc(C3CCCN(C(=O)CCC(=O)ON)C3)nc12. The minimum absolute atomic E-state index is 0.0157. The topological polar surface area (TPSA) is 128 Å². The lowest BCUT2D eigenvalue weighted by molar-refractivity contribution is -0.146. The predicted octanol–water partition coefficient (Wildman–Crippen LogP) is -0.102. The van der Waals surface area contributed by atoms with Gasteiger partial charge in [0.05, 0.1) is 12.1 Å². The molecule has 166 valence electrons. The highest BCUT2D eigenvalue weighted by Gasteiger charge is 2.27. The number of pyridine rings is 1. The lowest BCUT2D eigenvalue weighted by Gasteiger charge is -2.32. The number of aromatic nitrogens is 4. The number of carbonyl (C=O) groups excluding carboxylic acids is 2. The van der Waals surface area contributed by atoms with Gasteiger partial charge in [0.1, 0.15) is 13.7 Å². The van der Waals surface area contributed by atoms with Gasteiger partial charge < -0.3 is 15.1 Å². The maximum absolute atomic E-state index is 12.6. The summed E-state index contributed by atoms with van der Waals surface area (Å²) in [5.41, 5.74) is 3.77. The molecule has 3 aromatic heterocycles. The predicted molar refractivity (Wildman–Crippen MR) is 121 cm³/mol. The molecular weight excluding hydrogens is 409 g/mol. The number of amides is 1. The Hall–Kier alpha value is -3.47. The fourth-order valence-electron chi connectivity index (χ4n) is 3.99. The van der Waals surface area contributed by atoms with Crippen LogP contribution >= 0.6 is 0 Å². The van der Waals surface area contributed by atoms with Gasteiger partial charge in [0.25, 0.3) is 0 Å². The fourth-order valence-corrected chi connectivity index (χ4v) is 3.99. The van der Waals surface area contributed by atoms with E-state index in [1.54, 1.807) is 21.8 Å². The van der Waals surface area contributed by atoms with Crippen molar-refractivity contribution < 1.29 is 14.4 Å². The molecule has 3 aromatic rings. The lowest BCUT2D eigenvalue weighted by Crippen LogP contribution is -2.39. The van der Waals surface area contributed by atoms with E-state index in [4.69, 9.17) is 10.9 Å². The van der Waals surface area contributed by atoms with Crippen molar-refractivity contribution in [2.75, 3.05) is 18.4 Å². The van der Waals surface area contributed by atoms with E-state index in [2.05, 4.69) is 20.2 Å². The number of anilines is 1. The van der Waals surface area contributed by atoms with E-state index >= 15 is 0 Å². The highest BCUT2D eigenvalue weighted by molar-refractivity contribution is 6.36. The summed E-state index contributed by atoms with van der Waals surface area (Å²) in [7, 11) is 1.98. The summed E-state index contributed by atoms with van der Waals surface area (Å²) in [5, 5.41) is 7.91. The molecule has 1 fully saturated rings. The summed E-state index contributed by atoms with van der Waals surface area (Å²) in [4.78, 5) is 38.8. The summed E-state index contributed by atoms with van der Waals surface area (Å²) in [6.45, 7) is 1.85. The molecule has 0 saturated carbocycles. The van der Waals surface area contributed by atoms with Gasteiger partial charge in [-0.05, 0) is 29.9 Å². The zero-order chi connectivity index (χ0) is 22.5. The number of nitrogens with two attached hydrogens (primary N) is 1. The first-order valence-electron chi connectivity index (χ1n) is 10.7. The molecule has 1 saturated heterocycles. The Bertz CT molecular complexity index is 1110. The van der Waals surface area contributed by atoms with Crippen LogP contribution in [-0.4, -0.2) is 57.3 Å². The number of hydrogen-bond donors (Lipinski definition) is 2. The molecular formula is C21H26BN7O3. The molecule has 0 aliphatic carbocycles. The average molecular weight is 435 g/mol. The van der Waals surface area contributed by atoms with Gasteiger partial charge in [0.15, 0.2) is 5.65 Å². The number of likely N-dealkylation sites (tertiary alicyclic amines) is 1. The van der Waals surface area contributed by atoms with Crippen molar-refractivity contribution >= 4 is 36.7 Å². The molecule has 32 heavy (non-hydrogen) atoms. The third-order valence-electron chi connectivity index (χ3n) is 5.73. The standard InChI is InChI=1S/C21H26BN7O3/c22-16-12-26-29-18(25-11-14-3-1-7-24-10-14)9-17(27-21(16)29)15-4-2-8-28(13-15)19(30)5-6-20(31)32-23/h1,3,7,9-10,12,15,25H,2,4-6,8,11,13,22-23H2. The Balaban J connectivity index is 1.53. The van der Waals surface area contributed by atoms with Crippen molar-refractivity contribution in [1.29, 1.82) is 0 Å². The van der Waals surface area contributed by atoms with Crippen LogP contribution in [0.4, 0.5) is 5.82 Å². The van der Waals surface area contributed by atoms with E-state index in [0.29, 0.717) is 19.6 Å². The fraction of sp³-hybridized carbons (Fsp3) is 0.381. The van der Waals surface area contributed by atoms with Crippen LogP contribution in [0.2, 0.25) is 0 Å². The van der Waals surface area contributed by atoms with E-state index in [1.807, 2.05) is 32.2 Å². The molecule has 1 aliphatic rings. The van der Waals surface area contributed by atoms with Crippen LogP contribution in [-0.2, 0) is 21.0 Å². The quantitative estimate of drug-likeness (QED) is 0.389. The van der Waals surface area contributed by atoms with Gasteiger partial charge in [-0.25, -0.2) is 4.98 Å². The summed E-state index contributed by atoms with van der Waals surface area (Å²) in [6.07, 6.45) is 7.26. The maximum Gasteiger partial charge on any atom is 0.324 e. The van der Waals surface area contributed by atoms with Crippen molar-refractivity contribution in [2.24, 2.45) is 5.90 Å². The Morgan fingerprint density at radius 2 is 2.19 bits per heavy atom. The smallest absolute Gasteiger partial charge is 0.324 e. The van der Waals surface area contributed by atoms with Gasteiger partial charge in [-0.2, -0.15) is 15.5 Å². The van der Waals surface area contributed by atoms with E-state index in [1.165, 1.54) is 0 Å². The van der Waals surface area contributed by atoms with Crippen LogP contribution in [0.5, 0.6) is 0 Å². The maximum atomic E-state index is 12.6. The monoisotopic (exact) mass is 435 g/mol. The molecule has 4 heterocycles. The van der Waals surface area contributed by atoms with Gasteiger partial charge in [0.2, 0.25) is 5.91 Å². The van der Waals surface area contributed by atoms with Crippen LogP contribution in [0.3, 0.4) is 0 Å². The first-order valence-corrected chi connectivity index (χ1v) is 10.7. The van der Waals surface area contributed by atoms with E-state index in [0.717, 1.165) is 41.0 Å². The van der Waals surface area contributed by atoms with Gasteiger partial charge in [-0.3, -0.25) is 14.6 Å². The Labute approximate surface area is 186 Å². The molecule has 3 N–H and O–H groups in total. The number of nitrogens with one attached hydrogen (secondary N) is 1. The first-order chi connectivity index (χ1) is 15.5. The third-order valence-corrected chi connectivity index (χ3v) is 5.73. The normalized spacial score (nSPS) is 16.2. The number of hydrogen-bond acceptors (Lipinski definition) is 8. The van der Waals surface area contributed by atoms with Gasteiger partial charge in [-0.1, -0.05) is 6.07 Å². The van der Waals surface area contributed by atoms with Crippen molar-refractivity contribution in [1.82, 2.24) is 24.5 Å². The van der Waals surface area contributed by atoms with Crippen LogP contribution in [0.25, 0.3) is 5.65 Å². The molecule has 0 radical (unpaired) electrons. The molecule has 1 unspecified atom stereocenters. The van der Waals surface area contributed by atoms with Crippen LogP contribution in [0.1, 0.15) is 42.9 Å². The van der Waals surface area contributed by atoms with Crippen molar-refractivity contribution in [3.8, 4) is 0 Å². The first kappa shape index (κ1) is 21.8. The third kappa shape index (κ3) is 4.88. The van der Waals surface area contributed by atoms with Crippen molar-refractivity contribution in [2.45, 2.75) is 38.1 Å². The molecule has 11 heteroatoms. The van der Waals surface area contributed by atoms with Crippen LogP contribution in [0, 0.1) is 0 Å². The van der Waals surface area contributed by atoms with Gasteiger partial charge in [0, 0.05) is 56.6 Å². The molecule has 0 spiro atoms. The lowest BCUT2D eigenvalue weighted by atomic mass is 9.93. The molecule has 1 atom stereocenters. The number of carbonyl (C=O) groups is 2. The second kappa shape index (κ2) is 9.78. The van der Waals surface area contributed by atoms with Crippen molar-refractivity contribution in [3.05, 3.63) is 48.0 Å². The highest BCUT2D eigenvalue weighted by atomic mass is 16.7. The molecule has 1 aliphatic heterocycles. The van der Waals surface area contributed by atoms with Gasteiger partial charge in [-0.15, -0.1) is 0 Å². The largest absolute Gasteiger partial charge is 0.373 e. The highest BCUT2D eigenvalue weighted by Crippen LogP contribution is 2.28. The second-order valence-electron chi connectivity index (χ2n) is 8.01. The van der Waals surface area contributed by atoms with Gasteiger partial charge >= 0.3 is 5.97 Å². The molecule has 0 bridgehead atoms. The number of fused-ring (bicyclic) bond motifs is 1. The summed E-state index contributed by atoms with van der Waals surface area (Å²) in [5.74, 6) is 5.15. The zero-order valence-electron chi connectivity index (χ0n) is 18.0. The summed E-state index contributed by atoms with van der Waals surface area (Å²) < 4.78 is 1.80. The Morgan fingerprint density at radius 1 is 1.31 bits per heavy atom. The zero-order valence-corrected chi connectivity index (χ0v) is 18.0. The summed E-state index contributed by atoms with van der Waals surface area (Å²) in [6, 6.07) is 5.93. The molecule has 4 rings (SSSR count). The minimum atomic E-state index is -0.584. The summed E-state index contributed by atoms with van der Waals surface area (Å²) >= 11 is 0. The van der Waals surface area contributed by atoms with Crippen LogP contribution in [0.15, 0.2) is 36.8 Å². The number of nitrogens with zero attached hydrogens (tertiary/aromatic N) is 5. The molecule has 10 nitrogen and oxygen atoms in total. The Morgan fingerprint density at radius 3 is 2.97 bits per heavy atom. The van der Waals surface area contributed by atoms with E-state index < -0.39 is 5.97 Å². The number of piperidine rings is 1. The number of rotatable bonds is 7. The van der Waals surface area contributed by atoms with Crippen LogP contribution < -0.4 is 16.7 Å². The van der Waals surface area contributed by atoms with E-state index in [9.17, 15) is 9.59 Å².